The molecule has 0 unspecified atom stereocenters. The Morgan fingerprint density at radius 3 is 2.56 bits per heavy atom. The second-order valence-electron chi connectivity index (χ2n) is 3.94. The maximum atomic E-state index is 11.8. The minimum atomic E-state index is -1.13. The van der Waals surface area contributed by atoms with E-state index in [1.807, 2.05) is 0 Å². The van der Waals surface area contributed by atoms with Gasteiger partial charge in [-0.05, 0) is 26.0 Å². The molecule has 1 amide bonds. The highest BCUT2D eigenvalue weighted by Crippen LogP contribution is 2.17. The monoisotopic (exact) mass is 248 g/mol. The van der Waals surface area contributed by atoms with E-state index in [0.717, 1.165) is 5.69 Å². The van der Waals surface area contributed by atoms with Gasteiger partial charge in [0.1, 0.15) is 5.69 Å². The van der Waals surface area contributed by atoms with Gasteiger partial charge in [0.15, 0.2) is 5.69 Å². The number of carbonyl (C=O) groups is 2. The number of carboxylic acid groups (broad SMARTS) is 1. The molecule has 0 atom stereocenters. The zero-order valence-corrected chi connectivity index (χ0v) is 9.87. The Labute approximate surface area is 102 Å². The maximum absolute atomic E-state index is 11.8. The number of rotatable bonds is 3. The Hall–Kier alpha value is -2.57. The number of nitrogens with zero attached hydrogens (tertiary/aromatic N) is 1. The first-order chi connectivity index (χ1) is 8.47. The summed E-state index contributed by atoms with van der Waals surface area (Å²) in [5, 5.41) is 17.9. The van der Waals surface area contributed by atoms with E-state index >= 15 is 0 Å². The molecule has 2 aromatic heterocycles. The molecule has 4 N–H and O–H groups in total. The Morgan fingerprint density at radius 1 is 1.28 bits per heavy atom. The number of aromatic carboxylic acids is 1. The molecule has 0 saturated heterocycles. The first-order valence-corrected chi connectivity index (χ1v) is 5.23. The molecule has 7 heteroatoms. The van der Waals surface area contributed by atoms with Crippen molar-refractivity contribution < 1.29 is 14.7 Å². The molecule has 0 aromatic carbocycles. The number of amides is 1. The summed E-state index contributed by atoms with van der Waals surface area (Å²) in [6.45, 7) is 3.48. The molecular weight excluding hydrogens is 236 g/mol. The van der Waals surface area contributed by atoms with Crippen LogP contribution in [0.15, 0.2) is 12.1 Å². The zero-order chi connectivity index (χ0) is 13.3. The van der Waals surface area contributed by atoms with Crippen molar-refractivity contribution in [3.8, 4) is 0 Å². The summed E-state index contributed by atoms with van der Waals surface area (Å²) in [4.78, 5) is 25.4. The lowest BCUT2D eigenvalue weighted by Gasteiger charge is -2.01. The lowest BCUT2D eigenvalue weighted by molar-refractivity contribution is 0.0692. The molecule has 0 aliphatic heterocycles. The molecule has 2 heterocycles. The molecule has 0 radical (unpaired) electrons. The van der Waals surface area contributed by atoms with Crippen molar-refractivity contribution in [2.24, 2.45) is 0 Å². The second-order valence-corrected chi connectivity index (χ2v) is 3.94. The predicted molar refractivity (Wildman–Crippen MR) is 63.8 cm³/mol. The number of carbonyl (C=O) groups excluding carboxylic acids is 1. The molecule has 0 spiro atoms. The average Bonchev–Trinajstić information content (AvgIpc) is 2.85. The van der Waals surface area contributed by atoms with Gasteiger partial charge < -0.3 is 15.4 Å². The van der Waals surface area contributed by atoms with Crippen molar-refractivity contribution in [2.45, 2.75) is 13.8 Å². The summed E-state index contributed by atoms with van der Waals surface area (Å²) in [6, 6.07) is 3.14. The lowest BCUT2D eigenvalue weighted by atomic mass is 10.3. The van der Waals surface area contributed by atoms with Gasteiger partial charge in [-0.25, -0.2) is 4.79 Å². The van der Waals surface area contributed by atoms with Gasteiger partial charge in [-0.3, -0.25) is 9.89 Å². The van der Waals surface area contributed by atoms with E-state index in [9.17, 15) is 9.59 Å². The van der Waals surface area contributed by atoms with Gasteiger partial charge in [0.05, 0.1) is 5.69 Å². The fraction of sp³-hybridized carbons (Fsp3) is 0.182. The Bertz CT molecular complexity index is 612. The van der Waals surface area contributed by atoms with Crippen molar-refractivity contribution >= 4 is 17.6 Å². The van der Waals surface area contributed by atoms with Crippen LogP contribution < -0.4 is 5.32 Å². The first kappa shape index (κ1) is 11.9. The quantitative estimate of drug-likeness (QED) is 0.656. The summed E-state index contributed by atoms with van der Waals surface area (Å²) < 4.78 is 0. The number of anilines is 1. The zero-order valence-electron chi connectivity index (χ0n) is 9.87. The van der Waals surface area contributed by atoms with Crippen molar-refractivity contribution in [1.82, 2.24) is 15.2 Å². The van der Waals surface area contributed by atoms with Crippen molar-refractivity contribution in [1.29, 1.82) is 0 Å². The third kappa shape index (κ3) is 2.24. The van der Waals surface area contributed by atoms with Crippen LogP contribution in [-0.2, 0) is 0 Å². The topological polar surface area (TPSA) is 111 Å². The molecule has 0 bridgehead atoms. The SMILES string of the molecule is Cc1cc(C(=O)Nc2cc(C)[nH]c2C(=O)O)n[nH]1. The Morgan fingerprint density at radius 2 is 2.00 bits per heavy atom. The number of hydrogen-bond donors (Lipinski definition) is 4. The average molecular weight is 248 g/mol. The molecule has 0 aliphatic rings. The van der Waals surface area contributed by atoms with E-state index < -0.39 is 11.9 Å². The van der Waals surface area contributed by atoms with Crippen LogP contribution in [0.5, 0.6) is 0 Å². The normalized spacial score (nSPS) is 10.3. The number of hydrogen-bond acceptors (Lipinski definition) is 3. The van der Waals surface area contributed by atoms with E-state index in [-0.39, 0.29) is 17.1 Å². The van der Waals surface area contributed by atoms with Crippen molar-refractivity contribution in [2.75, 3.05) is 5.32 Å². The van der Waals surface area contributed by atoms with Gasteiger partial charge >= 0.3 is 5.97 Å². The number of nitrogens with one attached hydrogen (secondary N) is 3. The summed E-state index contributed by atoms with van der Waals surface area (Å²) in [5.74, 6) is -1.59. The third-order valence-electron chi connectivity index (χ3n) is 2.35. The number of aromatic amines is 2. The largest absolute Gasteiger partial charge is 0.477 e. The van der Waals surface area contributed by atoms with Gasteiger partial charge in [-0.2, -0.15) is 5.10 Å². The van der Waals surface area contributed by atoms with Crippen LogP contribution >= 0.6 is 0 Å². The molecule has 18 heavy (non-hydrogen) atoms. The minimum absolute atomic E-state index is 0.0480. The van der Waals surface area contributed by atoms with Crippen LogP contribution in [0, 0.1) is 13.8 Å². The number of aromatic nitrogens is 3. The predicted octanol–water partition coefficient (Wildman–Crippen LogP) is 1.31. The molecule has 94 valence electrons. The number of H-pyrrole nitrogens is 2. The summed E-state index contributed by atoms with van der Waals surface area (Å²) in [7, 11) is 0. The van der Waals surface area contributed by atoms with E-state index in [4.69, 9.17) is 5.11 Å². The van der Waals surface area contributed by atoms with Crippen molar-refractivity contribution in [3.63, 3.8) is 0 Å². The van der Waals surface area contributed by atoms with E-state index in [2.05, 4.69) is 20.5 Å². The van der Waals surface area contributed by atoms with Gasteiger partial charge in [-0.15, -0.1) is 0 Å². The van der Waals surface area contributed by atoms with Crippen LogP contribution in [0.1, 0.15) is 32.4 Å². The van der Waals surface area contributed by atoms with Crippen LogP contribution in [0.25, 0.3) is 0 Å². The highest BCUT2D eigenvalue weighted by molar-refractivity contribution is 6.06. The highest BCUT2D eigenvalue weighted by Gasteiger charge is 2.17. The van der Waals surface area contributed by atoms with Gasteiger partial charge in [0.25, 0.3) is 5.91 Å². The third-order valence-corrected chi connectivity index (χ3v) is 2.35. The standard InChI is InChI=1S/C11H12N4O3/c1-5-3-7(9(12-5)11(17)18)13-10(16)8-4-6(2)14-15-8/h3-4,12H,1-2H3,(H,13,16)(H,14,15)(H,17,18). The summed E-state index contributed by atoms with van der Waals surface area (Å²) in [5.41, 5.74) is 1.80. The fourth-order valence-electron chi connectivity index (χ4n) is 1.58. The fourth-order valence-corrected chi connectivity index (χ4v) is 1.58. The molecule has 2 rings (SSSR count). The minimum Gasteiger partial charge on any atom is -0.477 e. The molecule has 0 saturated carbocycles. The summed E-state index contributed by atoms with van der Waals surface area (Å²) >= 11 is 0. The van der Waals surface area contributed by atoms with Gasteiger partial charge in [-0.1, -0.05) is 0 Å². The molecule has 0 aliphatic carbocycles. The Kier molecular flexibility index (Phi) is 2.88. The van der Waals surface area contributed by atoms with Crippen molar-refractivity contribution in [3.05, 3.63) is 34.9 Å². The maximum Gasteiger partial charge on any atom is 0.354 e. The van der Waals surface area contributed by atoms with Crippen LogP contribution in [-0.4, -0.2) is 32.2 Å². The van der Waals surface area contributed by atoms with Crippen LogP contribution in [0.2, 0.25) is 0 Å². The van der Waals surface area contributed by atoms with E-state index in [1.165, 1.54) is 0 Å². The molecule has 7 nitrogen and oxygen atoms in total. The van der Waals surface area contributed by atoms with E-state index in [1.54, 1.807) is 26.0 Å². The highest BCUT2D eigenvalue weighted by atomic mass is 16.4. The van der Waals surface area contributed by atoms with E-state index in [0.29, 0.717) is 5.69 Å². The lowest BCUT2D eigenvalue weighted by Crippen LogP contribution is -2.14. The number of carboxylic acids is 1. The Balaban J connectivity index is 2.24. The molecular formula is C11H12N4O3. The van der Waals surface area contributed by atoms with Crippen LogP contribution in [0.3, 0.4) is 0 Å². The summed E-state index contributed by atoms with van der Waals surface area (Å²) in [6.07, 6.45) is 0. The molecule has 0 fully saturated rings. The van der Waals surface area contributed by atoms with Gasteiger partial charge in [0.2, 0.25) is 0 Å². The van der Waals surface area contributed by atoms with Crippen LogP contribution in [0.4, 0.5) is 5.69 Å². The van der Waals surface area contributed by atoms with Gasteiger partial charge in [0, 0.05) is 11.4 Å². The first-order valence-electron chi connectivity index (χ1n) is 5.23. The second kappa shape index (κ2) is 4.36. The smallest absolute Gasteiger partial charge is 0.354 e. The molecule has 2 aromatic rings. The number of aryl methyl sites for hydroxylation is 2.